The Hall–Kier alpha value is -1.06. The van der Waals surface area contributed by atoms with Crippen LogP contribution in [-0.2, 0) is 0 Å². The molecule has 18 heavy (non-hydrogen) atoms. The van der Waals surface area contributed by atoms with Gasteiger partial charge >= 0.3 is 0 Å². The molecule has 0 radical (unpaired) electrons. The molecule has 1 aliphatic carbocycles. The number of phenolic OH excluding ortho intramolecular Hbond substituents is 1. The minimum absolute atomic E-state index is 0.0358. The van der Waals surface area contributed by atoms with Crippen molar-refractivity contribution in [2.45, 2.75) is 45.1 Å². The molecule has 3 nitrogen and oxygen atoms in total. The van der Waals surface area contributed by atoms with Crippen LogP contribution in [0.5, 0.6) is 5.75 Å². The van der Waals surface area contributed by atoms with E-state index in [9.17, 15) is 15.3 Å². The smallest absolute Gasteiger partial charge is 0.118 e. The zero-order valence-corrected chi connectivity index (χ0v) is 11.2. The maximum atomic E-state index is 10.1. The van der Waals surface area contributed by atoms with Gasteiger partial charge in [0.25, 0.3) is 0 Å². The van der Waals surface area contributed by atoms with Gasteiger partial charge in [0.1, 0.15) is 5.75 Å². The number of rotatable bonds is 2. The summed E-state index contributed by atoms with van der Waals surface area (Å²) in [5, 5.41) is 29.3. The molecule has 0 heterocycles. The quantitative estimate of drug-likeness (QED) is 0.754. The maximum absolute atomic E-state index is 10.1. The van der Waals surface area contributed by atoms with Crippen LogP contribution in [0, 0.1) is 12.8 Å². The summed E-state index contributed by atoms with van der Waals surface area (Å²) in [4.78, 5) is 0. The van der Waals surface area contributed by atoms with Gasteiger partial charge in [0.2, 0.25) is 0 Å². The van der Waals surface area contributed by atoms with Crippen molar-refractivity contribution in [2.75, 3.05) is 6.61 Å². The molecular formula is C15H22O3. The van der Waals surface area contributed by atoms with E-state index in [1.54, 1.807) is 6.07 Å². The van der Waals surface area contributed by atoms with Gasteiger partial charge in [-0.3, -0.25) is 0 Å². The van der Waals surface area contributed by atoms with Crippen molar-refractivity contribution in [3.05, 3.63) is 28.8 Å². The molecule has 0 spiro atoms. The van der Waals surface area contributed by atoms with Gasteiger partial charge in [-0.2, -0.15) is 0 Å². The van der Waals surface area contributed by atoms with E-state index >= 15 is 0 Å². The summed E-state index contributed by atoms with van der Waals surface area (Å²) in [6, 6.07) is 3.78. The van der Waals surface area contributed by atoms with Crippen molar-refractivity contribution in [1.82, 2.24) is 0 Å². The first-order valence-corrected chi connectivity index (χ1v) is 6.58. The Kier molecular flexibility index (Phi) is 3.64. The first-order chi connectivity index (χ1) is 8.45. The van der Waals surface area contributed by atoms with Crippen molar-refractivity contribution in [2.24, 2.45) is 5.92 Å². The van der Waals surface area contributed by atoms with Gasteiger partial charge < -0.3 is 15.3 Å². The largest absolute Gasteiger partial charge is 0.508 e. The number of hydrogen-bond acceptors (Lipinski definition) is 3. The van der Waals surface area contributed by atoms with Crippen LogP contribution in [0.2, 0.25) is 0 Å². The highest BCUT2D eigenvalue weighted by molar-refractivity contribution is 5.46. The van der Waals surface area contributed by atoms with Crippen LogP contribution in [0.25, 0.3) is 0 Å². The monoisotopic (exact) mass is 250 g/mol. The lowest BCUT2D eigenvalue weighted by Gasteiger charge is -2.36. The van der Waals surface area contributed by atoms with Crippen molar-refractivity contribution in [3.63, 3.8) is 0 Å². The summed E-state index contributed by atoms with van der Waals surface area (Å²) in [6.07, 6.45) is 0.277. The van der Waals surface area contributed by atoms with Gasteiger partial charge in [-0.1, -0.05) is 19.9 Å². The number of aryl methyl sites for hydroxylation is 1. The third-order valence-electron chi connectivity index (χ3n) is 4.34. The predicted octanol–water partition coefficient (Wildman–Crippen LogP) is 2.28. The Labute approximate surface area is 108 Å². The van der Waals surface area contributed by atoms with Crippen LogP contribution in [0.4, 0.5) is 0 Å². The Balaban J connectivity index is 2.52. The van der Waals surface area contributed by atoms with Gasteiger partial charge in [-0.25, -0.2) is 0 Å². The second-order valence-electron chi connectivity index (χ2n) is 5.63. The lowest BCUT2D eigenvalue weighted by Crippen LogP contribution is -2.30. The average Bonchev–Trinajstić information content (AvgIpc) is 2.35. The first-order valence-electron chi connectivity index (χ1n) is 6.58. The van der Waals surface area contributed by atoms with Crippen LogP contribution in [-0.4, -0.2) is 28.0 Å². The normalized spacial score (nSPS) is 28.8. The maximum Gasteiger partial charge on any atom is 0.118 e. The molecule has 0 saturated carbocycles. The average molecular weight is 250 g/mol. The number of fused-ring (bicyclic) bond motifs is 1. The molecular weight excluding hydrogens is 228 g/mol. The molecule has 1 aromatic rings. The topological polar surface area (TPSA) is 60.7 Å². The van der Waals surface area contributed by atoms with Crippen LogP contribution >= 0.6 is 0 Å². The van der Waals surface area contributed by atoms with Gasteiger partial charge in [-0.15, -0.1) is 0 Å². The van der Waals surface area contributed by atoms with Crippen molar-refractivity contribution >= 4 is 0 Å². The molecule has 3 N–H and O–H groups in total. The van der Waals surface area contributed by atoms with Crippen molar-refractivity contribution in [1.29, 1.82) is 0 Å². The highest BCUT2D eigenvalue weighted by Crippen LogP contribution is 2.44. The van der Waals surface area contributed by atoms with Crippen LogP contribution < -0.4 is 0 Å². The van der Waals surface area contributed by atoms with E-state index in [0.717, 1.165) is 11.1 Å². The van der Waals surface area contributed by atoms with Gasteiger partial charge in [0.05, 0.1) is 6.10 Å². The number of hydrogen-bond donors (Lipinski definition) is 3. The summed E-state index contributed by atoms with van der Waals surface area (Å²) in [5.74, 6) is 0.601. The SMILES string of the molecule is Cc1cc2c(cc1O)[C@@H](C)[C@@H](O)C[C@H]2[C@H](C)CO. The van der Waals surface area contributed by atoms with Crippen LogP contribution in [0.1, 0.15) is 48.8 Å². The Morgan fingerprint density at radius 3 is 2.61 bits per heavy atom. The number of phenols is 1. The molecule has 0 unspecified atom stereocenters. The third kappa shape index (κ3) is 2.13. The molecule has 0 fully saturated rings. The van der Waals surface area contributed by atoms with Gasteiger partial charge in [0, 0.05) is 12.5 Å². The zero-order valence-electron chi connectivity index (χ0n) is 11.2. The van der Waals surface area contributed by atoms with E-state index < -0.39 is 6.10 Å². The van der Waals surface area contributed by atoms with Crippen molar-refractivity contribution in [3.8, 4) is 5.75 Å². The molecule has 0 amide bonds. The minimum Gasteiger partial charge on any atom is -0.508 e. The summed E-state index contributed by atoms with van der Waals surface area (Å²) in [5.41, 5.74) is 3.04. The molecule has 100 valence electrons. The lowest BCUT2D eigenvalue weighted by molar-refractivity contribution is 0.100. The van der Waals surface area contributed by atoms with E-state index in [0.29, 0.717) is 6.42 Å². The fourth-order valence-corrected chi connectivity index (χ4v) is 2.92. The molecule has 0 aliphatic heterocycles. The van der Waals surface area contributed by atoms with E-state index in [2.05, 4.69) is 0 Å². The van der Waals surface area contributed by atoms with E-state index in [1.807, 2.05) is 26.8 Å². The fraction of sp³-hybridized carbons (Fsp3) is 0.600. The fourth-order valence-electron chi connectivity index (χ4n) is 2.92. The van der Waals surface area contributed by atoms with E-state index in [-0.39, 0.29) is 30.1 Å². The molecule has 4 atom stereocenters. The van der Waals surface area contributed by atoms with Crippen molar-refractivity contribution < 1.29 is 15.3 Å². The molecule has 3 heteroatoms. The van der Waals surface area contributed by atoms with Gasteiger partial charge in [0.15, 0.2) is 0 Å². The van der Waals surface area contributed by atoms with Crippen LogP contribution in [0.15, 0.2) is 12.1 Å². The molecule has 0 aromatic heterocycles. The standard InChI is InChI=1S/C15H22O3/c1-8-4-13-11(9(2)7-16)5-15(18)10(3)12(13)6-14(8)17/h4,6,9-11,15-18H,5,7H2,1-3H3/t9-,10-,11+,15+/m1/s1. The first kappa shape index (κ1) is 13.4. The third-order valence-corrected chi connectivity index (χ3v) is 4.34. The number of aromatic hydroxyl groups is 1. The Bertz CT molecular complexity index is 442. The van der Waals surface area contributed by atoms with E-state index in [4.69, 9.17) is 0 Å². The highest BCUT2D eigenvalue weighted by Gasteiger charge is 2.34. The zero-order chi connectivity index (χ0) is 13.4. The Morgan fingerprint density at radius 1 is 1.33 bits per heavy atom. The summed E-state index contributed by atoms with van der Waals surface area (Å²) < 4.78 is 0. The van der Waals surface area contributed by atoms with E-state index in [1.165, 1.54) is 5.56 Å². The molecule has 1 aromatic carbocycles. The minimum atomic E-state index is -0.404. The Morgan fingerprint density at radius 2 is 2.00 bits per heavy atom. The second kappa shape index (κ2) is 4.90. The predicted molar refractivity (Wildman–Crippen MR) is 70.9 cm³/mol. The molecule has 0 bridgehead atoms. The van der Waals surface area contributed by atoms with Gasteiger partial charge in [-0.05, 0) is 47.9 Å². The number of benzene rings is 1. The molecule has 0 saturated heterocycles. The summed E-state index contributed by atoms with van der Waals surface area (Å²) in [6.45, 7) is 5.98. The molecule has 2 rings (SSSR count). The second-order valence-corrected chi connectivity index (χ2v) is 5.63. The summed E-state index contributed by atoms with van der Waals surface area (Å²) >= 11 is 0. The highest BCUT2D eigenvalue weighted by atomic mass is 16.3. The molecule has 1 aliphatic rings. The van der Waals surface area contributed by atoms with Crippen LogP contribution in [0.3, 0.4) is 0 Å². The lowest BCUT2D eigenvalue weighted by atomic mass is 9.71. The summed E-state index contributed by atoms with van der Waals surface area (Å²) in [7, 11) is 0. The number of aliphatic hydroxyl groups excluding tert-OH is 2. The number of aliphatic hydroxyl groups is 2.